The zero-order chi connectivity index (χ0) is 17.1. The molecule has 0 N–H and O–H groups in total. The third-order valence-electron chi connectivity index (χ3n) is 5.00. The third kappa shape index (κ3) is 2.13. The van der Waals surface area contributed by atoms with E-state index in [0.717, 1.165) is 17.0 Å². The first-order valence-corrected chi connectivity index (χ1v) is 8.40. The molecular weight excluding hydrogens is 306 g/mol. The van der Waals surface area contributed by atoms with Crippen LogP contribution < -0.4 is 10.4 Å². The molecule has 2 aromatic rings. The average Bonchev–Trinajstić information content (AvgIpc) is 2.84. The molecule has 0 radical (unpaired) electrons. The van der Waals surface area contributed by atoms with E-state index in [9.17, 15) is 4.79 Å². The van der Waals surface area contributed by atoms with Crippen molar-refractivity contribution >= 4 is 0 Å². The fourth-order valence-corrected chi connectivity index (χ4v) is 3.50. The van der Waals surface area contributed by atoms with Crippen LogP contribution in [0.3, 0.4) is 0 Å². The third-order valence-corrected chi connectivity index (χ3v) is 5.00. The number of rotatable bonds is 0. The highest BCUT2D eigenvalue weighted by atomic mass is 16.5. The average molecular weight is 329 g/mol. The number of aryl methyl sites for hydroxylation is 1. The van der Waals surface area contributed by atoms with Crippen LogP contribution in [0, 0.1) is 0 Å². The van der Waals surface area contributed by atoms with E-state index in [-0.39, 0.29) is 11.1 Å². The summed E-state index contributed by atoms with van der Waals surface area (Å²) in [5, 5.41) is 4.50. The van der Waals surface area contributed by atoms with E-state index < -0.39 is 5.60 Å². The van der Waals surface area contributed by atoms with Crippen molar-refractivity contribution in [1.29, 1.82) is 0 Å². The van der Waals surface area contributed by atoms with Gasteiger partial charge in [0.15, 0.2) is 11.4 Å². The minimum absolute atomic E-state index is 0.00514. The lowest BCUT2D eigenvalue weighted by molar-refractivity contribution is -0.0607. The Balaban J connectivity index is 1.96. The van der Waals surface area contributed by atoms with Crippen LogP contribution in [0.4, 0.5) is 0 Å². The number of nitrogens with zero attached hydrogens (tertiary/aromatic N) is 3. The molecule has 1 saturated heterocycles. The van der Waals surface area contributed by atoms with Crippen molar-refractivity contribution in [3.8, 4) is 11.4 Å². The SMILES string of the molecule is Cn1nc2n(c1=O)-c1cc(C(C)(C)C)ccc1OC21CCOCC1. The molecule has 24 heavy (non-hydrogen) atoms. The Bertz CT molecular complexity index is 851. The van der Waals surface area contributed by atoms with Crippen LogP contribution in [-0.4, -0.2) is 27.6 Å². The lowest BCUT2D eigenvalue weighted by Gasteiger charge is -2.40. The molecule has 3 heterocycles. The highest BCUT2D eigenvalue weighted by Gasteiger charge is 2.46. The van der Waals surface area contributed by atoms with Gasteiger partial charge in [0.2, 0.25) is 0 Å². The zero-order valence-electron chi connectivity index (χ0n) is 14.6. The van der Waals surface area contributed by atoms with Gasteiger partial charge in [-0.05, 0) is 23.1 Å². The Morgan fingerprint density at radius 2 is 1.92 bits per heavy atom. The summed E-state index contributed by atoms with van der Waals surface area (Å²) >= 11 is 0. The van der Waals surface area contributed by atoms with E-state index >= 15 is 0 Å². The minimum atomic E-state index is -0.574. The lowest BCUT2D eigenvalue weighted by atomic mass is 9.86. The van der Waals surface area contributed by atoms with Crippen LogP contribution in [0.5, 0.6) is 5.75 Å². The molecule has 1 aromatic heterocycles. The molecule has 0 aliphatic carbocycles. The summed E-state index contributed by atoms with van der Waals surface area (Å²) < 4.78 is 15.0. The summed E-state index contributed by atoms with van der Waals surface area (Å²) in [6.45, 7) is 7.70. The molecule has 1 spiro atoms. The number of hydrogen-bond acceptors (Lipinski definition) is 4. The topological polar surface area (TPSA) is 58.3 Å². The number of fused-ring (bicyclic) bond motifs is 4. The molecule has 2 aliphatic heterocycles. The lowest BCUT2D eigenvalue weighted by Crippen LogP contribution is -2.45. The number of aromatic nitrogens is 3. The summed E-state index contributed by atoms with van der Waals surface area (Å²) in [5.41, 5.74) is 1.23. The second kappa shape index (κ2) is 4.96. The summed E-state index contributed by atoms with van der Waals surface area (Å²) in [6, 6.07) is 6.11. The summed E-state index contributed by atoms with van der Waals surface area (Å²) in [5.74, 6) is 1.43. The van der Waals surface area contributed by atoms with Crippen molar-refractivity contribution in [3.05, 3.63) is 40.1 Å². The summed E-state index contributed by atoms with van der Waals surface area (Å²) in [4.78, 5) is 12.7. The molecule has 4 rings (SSSR count). The van der Waals surface area contributed by atoms with Crippen molar-refractivity contribution in [3.63, 3.8) is 0 Å². The van der Waals surface area contributed by atoms with Crippen LogP contribution in [0.2, 0.25) is 0 Å². The molecule has 0 saturated carbocycles. The first kappa shape index (κ1) is 15.4. The van der Waals surface area contributed by atoms with Gasteiger partial charge in [0.1, 0.15) is 5.75 Å². The van der Waals surface area contributed by atoms with Gasteiger partial charge in [0.25, 0.3) is 0 Å². The van der Waals surface area contributed by atoms with E-state index in [1.165, 1.54) is 4.68 Å². The fraction of sp³-hybridized carbons (Fsp3) is 0.556. The highest BCUT2D eigenvalue weighted by Crippen LogP contribution is 2.43. The predicted molar refractivity (Wildman–Crippen MR) is 89.9 cm³/mol. The van der Waals surface area contributed by atoms with Gasteiger partial charge in [-0.3, -0.25) is 0 Å². The molecule has 1 aromatic carbocycles. The Morgan fingerprint density at radius 3 is 2.58 bits per heavy atom. The maximum absolute atomic E-state index is 12.7. The van der Waals surface area contributed by atoms with Crippen LogP contribution in [0.1, 0.15) is 45.0 Å². The van der Waals surface area contributed by atoms with Gasteiger partial charge in [-0.15, -0.1) is 0 Å². The monoisotopic (exact) mass is 329 g/mol. The van der Waals surface area contributed by atoms with Crippen molar-refractivity contribution in [2.75, 3.05) is 13.2 Å². The van der Waals surface area contributed by atoms with E-state index in [2.05, 4.69) is 31.9 Å². The van der Waals surface area contributed by atoms with Crippen LogP contribution in [0.25, 0.3) is 5.69 Å². The second-order valence-corrected chi connectivity index (χ2v) is 7.71. The molecule has 1 fully saturated rings. The predicted octanol–water partition coefficient (Wildman–Crippen LogP) is 2.27. The Kier molecular flexibility index (Phi) is 3.19. The Labute approximate surface area is 141 Å². The van der Waals surface area contributed by atoms with Crippen LogP contribution in [0.15, 0.2) is 23.0 Å². The molecule has 2 aliphatic rings. The van der Waals surface area contributed by atoms with Gasteiger partial charge >= 0.3 is 5.69 Å². The van der Waals surface area contributed by atoms with Gasteiger partial charge < -0.3 is 9.47 Å². The highest BCUT2D eigenvalue weighted by molar-refractivity contribution is 5.53. The molecule has 0 unspecified atom stereocenters. The maximum Gasteiger partial charge on any atom is 0.350 e. The molecule has 6 heteroatoms. The second-order valence-electron chi connectivity index (χ2n) is 7.71. The van der Waals surface area contributed by atoms with Crippen molar-refractivity contribution in [2.24, 2.45) is 7.05 Å². The Hall–Kier alpha value is -2.08. The molecule has 0 atom stereocenters. The number of benzene rings is 1. The first-order chi connectivity index (χ1) is 11.3. The van der Waals surface area contributed by atoms with Crippen molar-refractivity contribution in [2.45, 2.75) is 44.6 Å². The molecule has 0 amide bonds. The molecule has 6 nitrogen and oxygen atoms in total. The smallest absolute Gasteiger partial charge is 0.350 e. The summed E-state index contributed by atoms with van der Waals surface area (Å²) in [6.07, 6.45) is 1.40. The molecular formula is C18H23N3O3. The zero-order valence-corrected chi connectivity index (χ0v) is 14.6. The maximum atomic E-state index is 12.7. The van der Waals surface area contributed by atoms with Gasteiger partial charge in [-0.25, -0.2) is 14.0 Å². The van der Waals surface area contributed by atoms with E-state index in [4.69, 9.17) is 9.47 Å². The fourth-order valence-electron chi connectivity index (χ4n) is 3.50. The van der Waals surface area contributed by atoms with E-state index in [1.54, 1.807) is 11.6 Å². The molecule has 0 bridgehead atoms. The largest absolute Gasteiger partial charge is 0.477 e. The quantitative estimate of drug-likeness (QED) is 0.744. The number of hydrogen-bond donors (Lipinski definition) is 0. The normalized spacial score (nSPS) is 18.8. The van der Waals surface area contributed by atoms with Gasteiger partial charge in [0, 0.05) is 19.9 Å². The van der Waals surface area contributed by atoms with Gasteiger partial charge in [0.05, 0.1) is 18.9 Å². The van der Waals surface area contributed by atoms with Crippen LogP contribution >= 0.6 is 0 Å². The van der Waals surface area contributed by atoms with Crippen molar-refractivity contribution in [1.82, 2.24) is 14.3 Å². The van der Waals surface area contributed by atoms with E-state index in [1.807, 2.05) is 12.1 Å². The van der Waals surface area contributed by atoms with Gasteiger partial charge in [-0.2, -0.15) is 5.10 Å². The summed E-state index contributed by atoms with van der Waals surface area (Å²) in [7, 11) is 1.69. The standard InChI is InChI=1S/C18H23N3O3/c1-17(2,3)12-5-6-14-13(11-12)21-15(19-20(4)16(21)22)18(24-14)7-9-23-10-8-18/h5-6,11H,7-10H2,1-4H3. The Morgan fingerprint density at radius 1 is 1.21 bits per heavy atom. The van der Waals surface area contributed by atoms with E-state index in [0.29, 0.717) is 31.9 Å². The first-order valence-electron chi connectivity index (χ1n) is 8.40. The van der Waals surface area contributed by atoms with Gasteiger partial charge in [-0.1, -0.05) is 26.8 Å². The van der Waals surface area contributed by atoms with Crippen LogP contribution in [-0.2, 0) is 22.8 Å². The minimum Gasteiger partial charge on any atom is -0.477 e. The number of ether oxygens (including phenoxy) is 2. The molecule has 128 valence electrons. The van der Waals surface area contributed by atoms with Crippen molar-refractivity contribution < 1.29 is 9.47 Å².